The normalized spacial score (nSPS) is 10.7. The van der Waals surface area contributed by atoms with Crippen molar-refractivity contribution in [2.24, 2.45) is 0 Å². The van der Waals surface area contributed by atoms with E-state index in [4.69, 9.17) is 22.1 Å². The van der Waals surface area contributed by atoms with Crippen LogP contribution in [0.15, 0.2) is 60.1 Å². The first-order valence-electron chi connectivity index (χ1n) is 9.10. The first-order chi connectivity index (χ1) is 14.9. The summed E-state index contributed by atoms with van der Waals surface area (Å²) >= 11 is 7.14. The molecule has 0 saturated heterocycles. The van der Waals surface area contributed by atoms with Crippen LogP contribution in [-0.2, 0) is 6.61 Å². The number of nitrogens with one attached hydrogen (secondary N) is 1. The predicted octanol–water partition coefficient (Wildman–Crippen LogP) is 5.06. The summed E-state index contributed by atoms with van der Waals surface area (Å²) in [7, 11) is 0. The maximum absolute atomic E-state index is 12.4. The molecule has 2 aromatic carbocycles. The van der Waals surface area contributed by atoms with Gasteiger partial charge in [-0.1, -0.05) is 17.7 Å². The number of carbonyl (C=O) groups excluding carboxylic acids is 1. The number of hydrogen-bond donors (Lipinski definition) is 3. The van der Waals surface area contributed by atoms with Crippen LogP contribution in [0.3, 0.4) is 0 Å². The molecule has 31 heavy (non-hydrogen) atoms. The summed E-state index contributed by atoms with van der Waals surface area (Å²) in [6.07, 6.45) is 1.26. The number of anilines is 2. The van der Waals surface area contributed by atoms with E-state index in [1.807, 2.05) is 0 Å². The molecule has 0 aliphatic carbocycles. The molecule has 0 saturated carbocycles. The maximum atomic E-state index is 12.4. The van der Waals surface area contributed by atoms with Gasteiger partial charge in [-0.05, 0) is 41.8 Å². The number of nitrogen functional groups attached to an aromatic ring is 1. The zero-order valence-electron chi connectivity index (χ0n) is 16.0. The van der Waals surface area contributed by atoms with Crippen LogP contribution < -0.4 is 15.8 Å². The van der Waals surface area contributed by atoms with Crippen molar-refractivity contribution in [2.45, 2.75) is 6.61 Å². The van der Waals surface area contributed by atoms with Gasteiger partial charge in [0.25, 0.3) is 5.91 Å². The van der Waals surface area contributed by atoms with Crippen molar-refractivity contribution in [3.05, 3.63) is 81.8 Å². The molecular weight excluding hydrogens is 438 g/mol. The number of nitrogens with zero attached hydrogens (tertiary/aromatic N) is 1. The molecule has 2 aromatic heterocycles. The smallest absolute Gasteiger partial charge is 0.338 e. The first-order valence-corrected chi connectivity index (χ1v) is 10.4. The molecule has 4 aromatic rings. The third-order valence-corrected chi connectivity index (χ3v) is 5.84. The third kappa shape index (κ3) is 4.45. The Bertz CT molecular complexity index is 1290. The van der Waals surface area contributed by atoms with Gasteiger partial charge in [-0.2, -0.15) is 0 Å². The van der Waals surface area contributed by atoms with Gasteiger partial charge in [0.1, 0.15) is 18.2 Å². The second kappa shape index (κ2) is 8.63. The summed E-state index contributed by atoms with van der Waals surface area (Å²) in [6, 6.07) is 13.6. The zero-order valence-corrected chi connectivity index (χ0v) is 17.5. The molecule has 7 nitrogen and oxygen atoms in total. The number of pyridine rings is 1. The lowest BCUT2D eigenvalue weighted by atomic mass is 10.1. The van der Waals surface area contributed by atoms with Gasteiger partial charge in [0, 0.05) is 39.5 Å². The van der Waals surface area contributed by atoms with E-state index in [0.29, 0.717) is 32.1 Å². The number of fused-ring (bicyclic) bond motifs is 1. The second-order valence-electron chi connectivity index (χ2n) is 6.60. The number of aromatic carboxylic acids is 1. The molecule has 1 amide bonds. The number of rotatable bonds is 6. The van der Waals surface area contributed by atoms with Crippen molar-refractivity contribution >= 4 is 56.4 Å². The van der Waals surface area contributed by atoms with Crippen molar-refractivity contribution in [3.8, 4) is 5.75 Å². The Hall–Kier alpha value is -3.62. The highest BCUT2D eigenvalue weighted by Gasteiger charge is 2.17. The average Bonchev–Trinajstić information content (AvgIpc) is 3.18. The van der Waals surface area contributed by atoms with E-state index < -0.39 is 5.97 Å². The predicted molar refractivity (Wildman–Crippen MR) is 121 cm³/mol. The molecule has 4 rings (SSSR count). The Balaban J connectivity index is 1.50. The van der Waals surface area contributed by atoms with Crippen molar-refractivity contribution < 1.29 is 19.4 Å². The lowest BCUT2D eigenvalue weighted by Crippen LogP contribution is -2.11. The van der Waals surface area contributed by atoms with Crippen molar-refractivity contribution in [2.75, 3.05) is 11.1 Å². The largest absolute Gasteiger partial charge is 0.489 e. The number of benzene rings is 2. The molecular formula is C22H16ClN3O4S. The monoisotopic (exact) mass is 453 g/mol. The molecule has 0 aliphatic rings. The molecule has 0 aliphatic heterocycles. The molecule has 9 heteroatoms. The molecule has 0 radical (unpaired) electrons. The molecule has 0 spiro atoms. The van der Waals surface area contributed by atoms with E-state index in [1.54, 1.807) is 53.9 Å². The fourth-order valence-corrected chi connectivity index (χ4v) is 4.21. The fourth-order valence-electron chi connectivity index (χ4n) is 3.02. The number of carboxylic acids is 1. The summed E-state index contributed by atoms with van der Waals surface area (Å²) in [5.41, 5.74) is 7.87. The zero-order chi connectivity index (χ0) is 22.0. The van der Waals surface area contributed by atoms with Crippen molar-refractivity contribution in [1.82, 2.24) is 4.98 Å². The maximum Gasteiger partial charge on any atom is 0.338 e. The molecule has 0 bridgehead atoms. The topological polar surface area (TPSA) is 115 Å². The molecule has 2 heterocycles. The van der Waals surface area contributed by atoms with Gasteiger partial charge in [-0.3, -0.25) is 4.79 Å². The molecule has 0 unspecified atom stereocenters. The van der Waals surface area contributed by atoms with Gasteiger partial charge in [-0.25, -0.2) is 9.78 Å². The van der Waals surface area contributed by atoms with Crippen LogP contribution in [0.2, 0.25) is 5.02 Å². The van der Waals surface area contributed by atoms with Gasteiger partial charge in [0.2, 0.25) is 0 Å². The van der Waals surface area contributed by atoms with Gasteiger partial charge in [-0.15, -0.1) is 11.3 Å². The molecule has 0 fully saturated rings. The van der Waals surface area contributed by atoms with Gasteiger partial charge in [0.15, 0.2) is 0 Å². The minimum Gasteiger partial charge on any atom is -0.489 e. The van der Waals surface area contributed by atoms with Crippen molar-refractivity contribution in [1.29, 1.82) is 0 Å². The minimum absolute atomic E-state index is 0.104. The lowest BCUT2D eigenvalue weighted by molar-refractivity contribution is 0.0698. The van der Waals surface area contributed by atoms with Crippen LogP contribution >= 0.6 is 22.9 Å². The van der Waals surface area contributed by atoms with E-state index in [9.17, 15) is 14.7 Å². The highest BCUT2D eigenvalue weighted by atomic mass is 35.5. The Morgan fingerprint density at radius 3 is 2.71 bits per heavy atom. The van der Waals surface area contributed by atoms with Crippen LogP contribution in [0.25, 0.3) is 10.1 Å². The summed E-state index contributed by atoms with van der Waals surface area (Å²) in [5, 5.41) is 15.1. The Morgan fingerprint density at radius 2 is 1.97 bits per heavy atom. The van der Waals surface area contributed by atoms with E-state index in [1.165, 1.54) is 17.5 Å². The number of ether oxygens (including phenoxy) is 1. The summed E-state index contributed by atoms with van der Waals surface area (Å²) < 4.78 is 6.42. The Labute approximate surface area is 186 Å². The average molecular weight is 454 g/mol. The Kier molecular flexibility index (Phi) is 5.75. The minimum atomic E-state index is -1.06. The number of hydrogen-bond acceptors (Lipinski definition) is 6. The third-order valence-electron chi connectivity index (χ3n) is 4.52. The summed E-state index contributed by atoms with van der Waals surface area (Å²) in [4.78, 5) is 27.8. The number of aromatic nitrogens is 1. The van der Waals surface area contributed by atoms with Gasteiger partial charge >= 0.3 is 5.97 Å². The Morgan fingerprint density at radius 1 is 1.19 bits per heavy atom. The van der Waals surface area contributed by atoms with Crippen LogP contribution in [0.4, 0.5) is 11.5 Å². The highest BCUT2D eigenvalue weighted by Crippen LogP contribution is 2.33. The summed E-state index contributed by atoms with van der Waals surface area (Å²) in [5.74, 6) is -0.536. The first kappa shape index (κ1) is 20.6. The van der Waals surface area contributed by atoms with E-state index in [-0.39, 0.29) is 23.9 Å². The number of carbonyl (C=O) groups is 2. The molecule has 0 atom stereocenters. The van der Waals surface area contributed by atoms with E-state index in [0.717, 1.165) is 5.56 Å². The SMILES string of the molecule is Nc1ncc(C(=O)O)c2scc(COc3cccc(NC(=O)c4ccc(Cl)cc4)c3)c12. The standard InChI is InChI=1S/C22H16ClN3O4S/c23-14-6-4-12(5-7-14)21(27)26-15-2-1-3-16(8-15)30-10-13-11-31-19-17(22(28)29)9-25-20(24)18(13)19/h1-9,11H,10H2,(H2,24,25)(H,26,27)(H,28,29). The fraction of sp³-hybridized carbons (Fsp3) is 0.0455. The van der Waals surface area contributed by atoms with Gasteiger partial charge in [0.05, 0.1) is 10.3 Å². The summed E-state index contributed by atoms with van der Waals surface area (Å²) in [6.45, 7) is 0.170. The van der Waals surface area contributed by atoms with Crippen LogP contribution in [0, 0.1) is 0 Å². The van der Waals surface area contributed by atoms with Crippen LogP contribution in [-0.4, -0.2) is 22.0 Å². The lowest BCUT2D eigenvalue weighted by Gasteiger charge is -2.10. The number of amides is 1. The quantitative estimate of drug-likeness (QED) is 0.376. The highest BCUT2D eigenvalue weighted by molar-refractivity contribution is 7.17. The number of thiophene rings is 1. The van der Waals surface area contributed by atoms with Gasteiger partial charge < -0.3 is 20.9 Å². The number of halogens is 1. The molecule has 4 N–H and O–H groups in total. The number of nitrogens with two attached hydrogens (primary N) is 1. The second-order valence-corrected chi connectivity index (χ2v) is 7.92. The van der Waals surface area contributed by atoms with Crippen LogP contribution in [0.5, 0.6) is 5.75 Å². The number of carboxylic acid groups (broad SMARTS) is 1. The van der Waals surface area contributed by atoms with E-state index >= 15 is 0 Å². The van der Waals surface area contributed by atoms with E-state index in [2.05, 4.69) is 10.3 Å². The molecule has 156 valence electrons. The van der Waals surface area contributed by atoms with Crippen LogP contribution in [0.1, 0.15) is 26.3 Å². The van der Waals surface area contributed by atoms with Crippen molar-refractivity contribution in [3.63, 3.8) is 0 Å².